The van der Waals surface area contributed by atoms with Crippen LogP contribution < -0.4 is 5.73 Å². The maximum Gasteiger partial charge on any atom is 0.0133 e. The van der Waals surface area contributed by atoms with Gasteiger partial charge in [0.05, 0.1) is 0 Å². The molecule has 0 radical (unpaired) electrons. The minimum atomic E-state index is 0.388. The van der Waals surface area contributed by atoms with Crippen molar-refractivity contribution in [1.82, 2.24) is 0 Å². The van der Waals surface area contributed by atoms with Crippen LogP contribution in [0.1, 0.15) is 41.0 Å². The molecule has 1 aliphatic rings. The van der Waals surface area contributed by atoms with Gasteiger partial charge in [-0.1, -0.05) is 41.0 Å². The summed E-state index contributed by atoms with van der Waals surface area (Å²) in [5, 5.41) is 0. The summed E-state index contributed by atoms with van der Waals surface area (Å²) in [5.41, 5.74) is 6.83. The zero-order chi connectivity index (χ0) is 8.86. The summed E-state index contributed by atoms with van der Waals surface area (Å²) in [5.74, 6) is 0.722. The van der Waals surface area contributed by atoms with Crippen LogP contribution in [0.25, 0.3) is 0 Å². The van der Waals surface area contributed by atoms with Gasteiger partial charge in [0, 0.05) is 6.04 Å². The predicted octanol–water partition coefficient (Wildman–Crippen LogP) is 2.41. The van der Waals surface area contributed by atoms with E-state index in [-0.39, 0.29) is 0 Å². The van der Waals surface area contributed by atoms with Crippen LogP contribution in [0.3, 0.4) is 0 Å². The van der Waals surface area contributed by atoms with Gasteiger partial charge in [-0.15, -0.1) is 0 Å². The Kier molecular flexibility index (Phi) is 1.83. The van der Waals surface area contributed by atoms with E-state index in [1.807, 2.05) is 0 Å². The van der Waals surface area contributed by atoms with Crippen LogP contribution in [0.2, 0.25) is 0 Å². The topological polar surface area (TPSA) is 26.0 Å². The lowest BCUT2D eigenvalue weighted by molar-refractivity contribution is 0.256. The van der Waals surface area contributed by atoms with Crippen LogP contribution in [0.4, 0.5) is 0 Å². The Labute approximate surface area is 70.4 Å². The van der Waals surface area contributed by atoms with Crippen LogP contribution >= 0.6 is 0 Å². The van der Waals surface area contributed by atoms with Crippen molar-refractivity contribution in [2.24, 2.45) is 22.5 Å². The van der Waals surface area contributed by atoms with Crippen molar-refractivity contribution in [3.05, 3.63) is 0 Å². The third-order valence-corrected chi connectivity index (χ3v) is 3.66. The maximum atomic E-state index is 6.01. The highest BCUT2D eigenvalue weighted by Crippen LogP contribution is 2.60. The molecule has 66 valence electrons. The lowest BCUT2D eigenvalue weighted by Gasteiger charge is -2.24. The number of hydrogen-bond donors (Lipinski definition) is 1. The van der Waals surface area contributed by atoms with Crippen molar-refractivity contribution >= 4 is 0 Å². The molecule has 0 amide bonds. The van der Waals surface area contributed by atoms with Crippen molar-refractivity contribution in [2.75, 3.05) is 0 Å². The quantitative estimate of drug-likeness (QED) is 0.651. The van der Waals surface area contributed by atoms with Crippen molar-refractivity contribution < 1.29 is 0 Å². The lowest BCUT2D eigenvalue weighted by atomic mass is 9.81. The third kappa shape index (κ3) is 1.20. The zero-order valence-corrected chi connectivity index (χ0v) is 8.44. The molecular weight excluding hydrogens is 134 g/mol. The molecule has 1 heteroatoms. The average Bonchev–Trinajstić information content (AvgIpc) is 2.34. The molecule has 0 heterocycles. The van der Waals surface area contributed by atoms with Crippen LogP contribution in [0, 0.1) is 16.7 Å². The number of nitrogens with two attached hydrogens (primary N) is 1. The average molecular weight is 155 g/mol. The molecular formula is C10H21N. The second kappa shape index (κ2) is 2.22. The first-order valence-corrected chi connectivity index (χ1v) is 4.59. The van der Waals surface area contributed by atoms with E-state index < -0.39 is 0 Å². The highest BCUT2D eigenvalue weighted by Gasteiger charge is 2.60. The van der Waals surface area contributed by atoms with Crippen LogP contribution in [0.5, 0.6) is 0 Å². The first kappa shape index (κ1) is 9.05. The first-order chi connectivity index (χ1) is 4.84. The first-order valence-electron chi connectivity index (χ1n) is 4.59. The molecule has 0 saturated heterocycles. The molecule has 0 aliphatic heterocycles. The summed E-state index contributed by atoms with van der Waals surface area (Å²) in [7, 11) is 0. The summed E-state index contributed by atoms with van der Waals surface area (Å²) < 4.78 is 0. The smallest absolute Gasteiger partial charge is 0.0133 e. The van der Waals surface area contributed by atoms with Gasteiger partial charge in [-0.2, -0.15) is 0 Å². The SMILES string of the molecule is CCC(C)(C)C1C(N)C1(C)C. The van der Waals surface area contributed by atoms with E-state index in [1.54, 1.807) is 0 Å². The molecule has 0 aromatic heterocycles. The molecule has 2 atom stereocenters. The third-order valence-electron chi connectivity index (χ3n) is 3.66. The second-order valence-corrected chi connectivity index (χ2v) is 5.17. The van der Waals surface area contributed by atoms with E-state index in [4.69, 9.17) is 5.73 Å². The fourth-order valence-corrected chi connectivity index (χ4v) is 2.39. The maximum absolute atomic E-state index is 6.01. The van der Waals surface area contributed by atoms with Gasteiger partial charge in [0.1, 0.15) is 0 Å². The molecule has 0 spiro atoms. The van der Waals surface area contributed by atoms with Gasteiger partial charge in [-0.3, -0.25) is 0 Å². The normalized spacial score (nSPS) is 35.5. The highest BCUT2D eigenvalue weighted by molar-refractivity contribution is 5.13. The summed E-state index contributed by atoms with van der Waals surface area (Å²) in [6.45, 7) is 11.5. The van der Waals surface area contributed by atoms with Gasteiger partial charge in [-0.25, -0.2) is 0 Å². The largest absolute Gasteiger partial charge is 0.327 e. The van der Waals surface area contributed by atoms with Gasteiger partial charge in [-0.05, 0) is 16.7 Å². The Bertz CT molecular complexity index is 158. The minimum absolute atomic E-state index is 0.388. The van der Waals surface area contributed by atoms with Crippen molar-refractivity contribution in [3.63, 3.8) is 0 Å². The summed E-state index contributed by atoms with van der Waals surface area (Å²) in [6.07, 6.45) is 1.23. The standard InChI is InChI=1S/C10H21N/c1-6-9(2,3)7-8(11)10(7,4)5/h7-8H,6,11H2,1-5H3. The molecule has 1 nitrogen and oxygen atoms in total. The Hall–Kier alpha value is -0.0400. The van der Waals surface area contributed by atoms with Crippen LogP contribution in [-0.4, -0.2) is 6.04 Å². The molecule has 0 aromatic rings. The number of hydrogen-bond acceptors (Lipinski definition) is 1. The molecule has 1 fully saturated rings. The fraction of sp³-hybridized carbons (Fsp3) is 1.00. The molecule has 1 aliphatic carbocycles. The van der Waals surface area contributed by atoms with Crippen molar-refractivity contribution in [1.29, 1.82) is 0 Å². The van der Waals surface area contributed by atoms with E-state index in [0.29, 0.717) is 16.9 Å². The molecule has 11 heavy (non-hydrogen) atoms. The van der Waals surface area contributed by atoms with Gasteiger partial charge in [0.15, 0.2) is 0 Å². The Morgan fingerprint density at radius 2 is 1.73 bits per heavy atom. The molecule has 2 unspecified atom stereocenters. The Morgan fingerprint density at radius 3 is 1.82 bits per heavy atom. The van der Waals surface area contributed by atoms with Crippen LogP contribution in [0.15, 0.2) is 0 Å². The highest BCUT2D eigenvalue weighted by atomic mass is 14.9. The summed E-state index contributed by atoms with van der Waals surface area (Å²) >= 11 is 0. The van der Waals surface area contributed by atoms with Gasteiger partial charge < -0.3 is 5.73 Å². The van der Waals surface area contributed by atoms with E-state index in [1.165, 1.54) is 6.42 Å². The minimum Gasteiger partial charge on any atom is -0.327 e. The summed E-state index contributed by atoms with van der Waals surface area (Å²) in [6, 6.07) is 0.428. The summed E-state index contributed by atoms with van der Waals surface area (Å²) in [4.78, 5) is 0. The van der Waals surface area contributed by atoms with Crippen LogP contribution in [-0.2, 0) is 0 Å². The Balaban J connectivity index is 2.67. The molecule has 0 bridgehead atoms. The van der Waals surface area contributed by atoms with E-state index in [2.05, 4.69) is 34.6 Å². The molecule has 1 saturated carbocycles. The zero-order valence-electron chi connectivity index (χ0n) is 8.44. The van der Waals surface area contributed by atoms with Crippen molar-refractivity contribution in [3.8, 4) is 0 Å². The lowest BCUT2D eigenvalue weighted by Crippen LogP contribution is -2.18. The molecule has 0 aromatic carbocycles. The van der Waals surface area contributed by atoms with Gasteiger partial charge in [0.2, 0.25) is 0 Å². The monoisotopic (exact) mass is 155 g/mol. The van der Waals surface area contributed by atoms with E-state index in [9.17, 15) is 0 Å². The fourth-order valence-electron chi connectivity index (χ4n) is 2.39. The van der Waals surface area contributed by atoms with Crippen molar-refractivity contribution in [2.45, 2.75) is 47.1 Å². The van der Waals surface area contributed by atoms with Gasteiger partial charge in [0.25, 0.3) is 0 Å². The second-order valence-electron chi connectivity index (χ2n) is 5.17. The van der Waals surface area contributed by atoms with Gasteiger partial charge >= 0.3 is 0 Å². The molecule has 1 rings (SSSR count). The van der Waals surface area contributed by atoms with E-state index >= 15 is 0 Å². The number of rotatable bonds is 2. The Morgan fingerprint density at radius 1 is 1.36 bits per heavy atom. The molecule has 2 N–H and O–H groups in total. The van der Waals surface area contributed by atoms with E-state index in [0.717, 1.165) is 5.92 Å². The predicted molar refractivity (Wildman–Crippen MR) is 49.3 cm³/mol.